The molecule has 0 aliphatic carbocycles. The fraction of sp³-hybridized carbons (Fsp3) is 0.308. The van der Waals surface area contributed by atoms with Crippen LogP contribution in [0.2, 0.25) is 0 Å². The maximum Gasteiger partial charge on any atom is 0.216 e. The summed E-state index contributed by atoms with van der Waals surface area (Å²) in [6.45, 7) is 4.15. The molecule has 3 heteroatoms. The molecule has 0 aliphatic heterocycles. The Bertz CT molecular complexity index is 443. The number of halogens is 1. The Morgan fingerprint density at radius 3 is 2.88 bits per heavy atom. The van der Waals surface area contributed by atoms with Crippen molar-refractivity contribution < 1.29 is 4.79 Å². The zero-order chi connectivity index (χ0) is 12.0. The molecule has 0 heterocycles. The monoisotopic (exact) mass is 279 g/mol. The second kappa shape index (κ2) is 6.34. The fourth-order valence-electron chi connectivity index (χ4n) is 1.23. The summed E-state index contributed by atoms with van der Waals surface area (Å²) in [5.41, 5.74) is 2.19. The molecule has 84 valence electrons. The Kier molecular flexibility index (Phi) is 5.07. The van der Waals surface area contributed by atoms with E-state index in [4.69, 9.17) is 0 Å². The highest BCUT2D eigenvalue weighted by Gasteiger charge is 1.94. The van der Waals surface area contributed by atoms with E-state index >= 15 is 0 Å². The summed E-state index contributed by atoms with van der Waals surface area (Å²) < 4.78 is 1.06. The number of rotatable bonds is 2. The van der Waals surface area contributed by atoms with E-state index in [1.807, 2.05) is 25.1 Å². The summed E-state index contributed by atoms with van der Waals surface area (Å²) in [4.78, 5) is 10.6. The first-order chi connectivity index (χ1) is 7.59. The number of hydrogen-bond acceptors (Lipinski definition) is 1. The average molecular weight is 280 g/mol. The number of carbonyl (C=O) groups is 1. The molecule has 0 saturated carbocycles. The van der Waals surface area contributed by atoms with Crippen LogP contribution in [0, 0.1) is 18.8 Å². The van der Waals surface area contributed by atoms with Crippen LogP contribution in [0.25, 0.3) is 0 Å². The van der Waals surface area contributed by atoms with Crippen molar-refractivity contribution in [3.05, 3.63) is 33.8 Å². The highest BCUT2D eigenvalue weighted by molar-refractivity contribution is 9.10. The highest BCUT2D eigenvalue weighted by Crippen LogP contribution is 2.14. The Hall–Kier alpha value is -1.27. The van der Waals surface area contributed by atoms with Crippen LogP contribution in [0.15, 0.2) is 22.7 Å². The summed E-state index contributed by atoms with van der Waals surface area (Å²) in [5, 5.41) is 2.71. The lowest BCUT2D eigenvalue weighted by Crippen LogP contribution is -2.20. The average Bonchev–Trinajstić information content (AvgIpc) is 2.20. The summed E-state index contributed by atoms with van der Waals surface area (Å²) >= 11 is 3.41. The molecule has 0 bridgehead atoms. The van der Waals surface area contributed by atoms with Gasteiger partial charge in [-0.2, -0.15) is 0 Å². The third kappa shape index (κ3) is 4.50. The molecule has 1 rings (SSSR count). The van der Waals surface area contributed by atoms with Crippen LogP contribution in [0.1, 0.15) is 24.5 Å². The van der Waals surface area contributed by atoms with Gasteiger partial charge in [0.1, 0.15) is 0 Å². The summed E-state index contributed by atoms with van der Waals surface area (Å²) in [6.07, 6.45) is 0.676. The van der Waals surface area contributed by atoms with Crippen LogP contribution in [-0.2, 0) is 4.79 Å². The number of nitrogens with one attached hydrogen (secondary N) is 1. The van der Waals surface area contributed by atoms with E-state index in [1.165, 1.54) is 6.92 Å². The van der Waals surface area contributed by atoms with Crippen molar-refractivity contribution >= 4 is 21.8 Å². The van der Waals surface area contributed by atoms with E-state index in [9.17, 15) is 4.79 Å². The molecule has 0 aliphatic rings. The maximum atomic E-state index is 10.6. The van der Waals surface area contributed by atoms with Gasteiger partial charge in [0.05, 0.1) is 0 Å². The quantitative estimate of drug-likeness (QED) is 0.655. The van der Waals surface area contributed by atoms with Gasteiger partial charge in [-0.05, 0) is 30.7 Å². The van der Waals surface area contributed by atoms with E-state index in [1.54, 1.807) is 0 Å². The van der Waals surface area contributed by atoms with Gasteiger partial charge in [0.2, 0.25) is 5.91 Å². The van der Waals surface area contributed by atoms with Gasteiger partial charge in [0.25, 0.3) is 0 Å². The molecule has 16 heavy (non-hydrogen) atoms. The van der Waals surface area contributed by atoms with Gasteiger partial charge >= 0.3 is 0 Å². The minimum Gasteiger partial charge on any atom is -0.355 e. The van der Waals surface area contributed by atoms with E-state index < -0.39 is 0 Å². The number of hydrogen-bond donors (Lipinski definition) is 1. The van der Waals surface area contributed by atoms with Crippen molar-refractivity contribution in [3.63, 3.8) is 0 Å². The van der Waals surface area contributed by atoms with Gasteiger partial charge in [-0.1, -0.05) is 27.8 Å². The maximum absolute atomic E-state index is 10.6. The molecule has 0 fully saturated rings. The molecule has 1 amide bonds. The molecule has 1 aromatic rings. The summed E-state index contributed by atoms with van der Waals surface area (Å²) in [5.74, 6) is 6.12. The van der Waals surface area contributed by atoms with Crippen molar-refractivity contribution in [2.45, 2.75) is 20.3 Å². The molecule has 0 saturated heterocycles. The zero-order valence-electron chi connectivity index (χ0n) is 9.43. The predicted molar refractivity (Wildman–Crippen MR) is 69.1 cm³/mol. The Balaban J connectivity index is 2.53. The van der Waals surface area contributed by atoms with Crippen LogP contribution < -0.4 is 5.32 Å². The number of amides is 1. The highest BCUT2D eigenvalue weighted by atomic mass is 79.9. The topological polar surface area (TPSA) is 29.1 Å². The molecule has 0 unspecified atom stereocenters. The molecule has 1 aromatic carbocycles. The van der Waals surface area contributed by atoms with E-state index in [0.717, 1.165) is 15.6 Å². The molecule has 0 radical (unpaired) electrons. The minimum absolute atomic E-state index is 0.0124. The first-order valence-electron chi connectivity index (χ1n) is 5.09. The van der Waals surface area contributed by atoms with Crippen LogP contribution in [0.3, 0.4) is 0 Å². The van der Waals surface area contributed by atoms with Crippen LogP contribution >= 0.6 is 15.9 Å². The minimum atomic E-state index is -0.0124. The van der Waals surface area contributed by atoms with E-state index in [0.29, 0.717) is 13.0 Å². The number of carbonyl (C=O) groups excluding carboxylic acids is 1. The lowest BCUT2D eigenvalue weighted by molar-refractivity contribution is -0.118. The third-order valence-corrected chi connectivity index (χ3v) is 2.53. The smallest absolute Gasteiger partial charge is 0.216 e. The second-order valence-corrected chi connectivity index (χ2v) is 4.41. The Morgan fingerprint density at radius 2 is 2.25 bits per heavy atom. The Labute approximate surface area is 105 Å². The predicted octanol–water partition coefficient (Wildman–Crippen LogP) is 2.64. The van der Waals surface area contributed by atoms with Crippen LogP contribution in [-0.4, -0.2) is 12.5 Å². The first-order valence-corrected chi connectivity index (χ1v) is 5.88. The second-order valence-electron chi connectivity index (χ2n) is 3.49. The molecular formula is C13H14BrNO. The lowest BCUT2D eigenvalue weighted by Gasteiger charge is -1.98. The molecule has 1 N–H and O–H groups in total. The fourth-order valence-corrected chi connectivity index (χ4v) is 1.70. The lowest BCUT2D eigenvalue weighted by atomic mass is 10.1. The third-order valence-electron chi connectivity index (χ3n) is 2.04. The van der Waals surface area contributed by atoms with Crippen molar-refractivity contribution in [3.8, 4) is 11.8 Å². The first kappa shape index (κ1) is 12.8. The van der Waals surface area contributed by atoms with Crippen LogP contribution in [0.5, 0.6) is 0 Å². The number of benzene rings is 1. The zero-order valence-corrected chi connectivity index (χ0v) is 11.0. The molecule has 0 aromatic heterocycles. The standard InChI is InChI=1S/C13H14BrNO/c1-10-9-13(14)7-6-12(10)5-3-4-8-15-11(2)16/h6-7,9H,4,8H2,1-2H3,(H,15,16). The molecule has 0 spiro atoms. The summed E-state index contributed by atoms with van der Waals surface area (Å²) in [6, 6.07) is 6.01. The molecule has 0 atom stereocenters. The Morgan fingerprint density at radius 1 is 1.50 bits per heavy atom. The van der Waals surface area contributed by atoms with Crippen molar-refractivity contribution in [2.75, 3.05) is 6.54 Å². The normalized spacial score (nSPS) is 9.19. The molecular weight excluding hydrogens is 266 g/mol. The van der Waals surface area contributed by atoms with Gasteiger partial charge in [-0.25, -0.2) is 0 Å². The van der Waals surface area contributed by atoms with Gasteiger partial charge in [-0.15, -0.1) is 0 Å². The van der Waals surface area contributed by atoms with Gasteiger partial charge in [0, 0.05) is 29.9 Å². The molecule has 2 nitrogen and oxygen atoms in total. The van der Waals surface area contributed by atoms with E-state index in [-0.39, 0.29) is 5.91 Å². The van der Waals surface area contributed by atoms with Crippen molar-refractivity contribution in [2.24, 2.45) is 0 Å². The SMILES string of the molecule is CC(=O)NCCC#Cc1ccc(Br)cc1C. The van der Waals surface area contributed by atoms with Gasteiger partial charge in [0.15, 0.2) is 0 Å². The van der Waals surface area contributed by atoms with Crippen molar-refractivity contribution in [1.29, 1.82) is 0 Å². The van der Waals surface area contributed by atoms with Gasteiger partial charge in [-0.3, -0.25) is 4.79 Å². The van der Waals surface area contributed by atoms with Crippen LogP contribution in [0.4, 0.5) is 0 Å². The summed E-state index contributed by atoms with van der Waals surface area (Å²) in [7, 11) is 0. The van der Waals surface area contributed by atoms with E-state index in [2.05, 4.69) is 33.1 Å². The van der Waals surface area contributed by atoms with Gasteiger partial charge < -0.3 is 5.32 Å². The largest absolute Gasteiger partial charge is 0.355 e. The van der Waals surface area contributed by atoms with Crippen molar-refractivity contribution in [1.82, 2.24) is 5.32 Å². The number of aryl methyl sites for hydroxylation is 1.